The van der Waals surface area contributed by atoms with Crippen molar-refractivity contribution in [1.29, 1.82) is 0 Å². The van der Waals surface area contributed by atoms with Crippen LogP contribution in [-0.2, 0) is 10.0 Å². The molecule has 0 unspecified atom stereocenters. The lowest BCUT2D eigenvalue weighted by Gasteiger charge is -2.22. The van der Waals surface area contributed by atoms with E-state index in [1.807, 2.05) is 31.2 Å². The molecule has 3 aromatic rings. The largest absolute Gasteiger partial charge is 0.492 e. The number of carbonyl (C=O) groups is 1. The van der Waals surface area contributed by atoms with Gasteiger partial charge in [0.15, 0.2) is 0 Å². The Morgan fingerprint density at radius 1 is 0.933 bits per heavy atom. The number of sulfonamides is 1. The van der Waals surface area contributed by atoms with Crippen molar-refractivity contribution in [2.75, 3.05) is 24.5 Å². The van der Waals surface area contributed by atoms with Gasteiger partial charge in [0.25, 0.3) is 15.9 Å². The molecule has 0 fully saturated rings. The zero-order valence-corrected chi connectivity index (χ0v) is 17.7. The summed E-state index contributed by atoms with van der Waals surface area (Å²) >= 11 is 0. The predicted octanol–water partition coefficient (Wildman–Crippen LogP) is 3.63. The summed E-state index contributed by atoms with van der Waals surface area (Å²) in [5.74, 6) is 0.358. The van der Waals surface area contributed by atoms with Gasteiger partial charge in [0, 0.05) is 7.05 Å². The maximum atomic E-state index is 12.9. The van der Waals surface area contributed by atoms with E-state index in [1.165, 1.54) is 19.2 Å². The SMILES string of the molecule is Cc1ccc(OCCNC(=O)c2ccccc2N(C)S(=O)(=O)c2ccccc2)cc1. The van der Waals surface area contributed by atoms with Crippen molar-refractivity contribution in [2.24, 2.45) is 0 Å². The molecule has 0 aliphatic carbocycles. The Morgan fingerprint density at radius 3 is 2.27 bits per heavy atom. The first-order valence-corrected chi connectivity index (χ1v) is 10.9. The van der Waals surface area contributed by atoms with Gasteiger partial charge in [-0.2, -0.15) is 0 Å². The molecule has 0 saturated carbocycles. The van der Waals surface area contributed by atoms with E-state index in [0.717, 1.165) is 15.6 Å². The van der Waals surface area contributed by atoms with Gasteiger partial charge >= 0.3 is 0 Å². The number of anilines is 1. The lowest BCUT2D eigenvalue weighted by atomic mass is 10.1. The van der Waals surface area contributed by atoms with E-state index in [0.29, 0.717) is 12.3 Å². The van der Waals surface area contributed by atoms with Crippen molar-refractivity contribution in [3.8, 4) is 5.75 Å². The normalized spacial score (nSPS) is 11.0. The summed E-state index contributed by atoms with van der Waals surface area (Å²) < 4.78 is 32.6. The summed E-state index contributed by atoms with van der Waals surface area (Å²) in [5.41, 5.74) is 1.72. The third-order valence-electron chi connectivity index (χ3n) is 4.57. The molecule has 1 amide bonds. The van der Waals surface area contributed by atoms with E-state index in [4.69, 9.17) is 4.74 Å². The van der Waals surface area contributed by atoms with E-state index in [9.17, 15) is 13.2 Å². The maximum Gasteiger partial charge on any atom is 0.264 e. The molecule has 7 heteroatoms. The fraction of sp³-hybridized carbons (Fsp3) is 0.174. The van der Waals surface area contributed by atoms with Crippen LogP contribution in [0.4, 0.5) is 5.69 Å². The predicted molar refractivity (Wildman–Crippen MR) is 117 cm³/mol. The summed E-state index contributed by atoms with van der Waals surface area (Å²) in [5, 5.41) is 2.78. The molecule has 0 bridgehead atoms. The molecule has 0 heterocycles. The van der Waals surface area contributed by atoms with Crippen LogP contribution in [0.25, 0.3) is 0 Å². The van der Waals surface area contributed by atoms with Gasteiger partial charge in [-0.05, 0) is 43.3 Å². The highest BCUT2D eigenvalue weighted by atomic mass is 32.2. The Balaban J connectivity index is 1.68. The number of ether oxygens (including phenoxy) is 1. The van der Waals surface area contributed by atoms with Crippen LogP contribution >= 0.6 is 0 Å². The minimum Gasteiger partial charge on any atom is -0.492 e. The zero-order chi connectivity index (χ0) is 21.6. The summed E-state index contributed by atoms with van der Waals surface area (Å²) in [6.45, 7) is 2.59. The van der Waals surface area contributed by atoms with Crippen LogP contribution in [0.1, 0.15) is 15.9 Å². The van der Waals surface area contributed by atoms with Gasteiger partial charge in [0.1, 0.15) is 12.4 Å². The lowest BCUT2D eigenvalue weighted by Crippen LogP contribution is -2.32. The minimum absolute atomic E-state index is 0.161. The third kappa shape index (κ3) is 4.99. The Bertz CT molecular complexity index is 1100. The van der Waals surface area contributed by atoms with Gasteiger partial charge in [-0.3, -0.25) is 9.10 Å². The molecule has 0 saturated heterocycles. The average molecular weight is 425 g/mol. The Kier molecular flexibility index (Phi) is 6.74. The number of benzene rings is 3. The van der Waals surface area contributed by atoms with Gasteiger partial charge < -0.3 is 10.1 Å². The Morgan fingerprint density at radius 2 is 1.57 bits per heavy atom. The van der Waals surface area contributed by atoms with Gasteiger partial charge in [0.05, 0.1) is 22.7 Å². The maximum absolute atomic E-state index is 12.9. The van der Waals surface area contributed by atoms with Crippen molar-refractivity contribution in [3.05, 3.63) is 90.0 Å². The first-order valence-electron chi connectivity index (χ1n) is 9.50. The van der Waals surface area contributed by atoms with E-state index in [2.05, 4.69) is 5.32 Å². The van der Waals surface area contributed by atoms with Crippen LogP contribution in [0.5, 0.6) is 5.75 Å². The first kappa shape index (κ1) is 21.4. The van der Waals surface area contributed by atoms with Gasteiger partial charge in [0.2, 0.25) is 0 Å². The number of hydrogen-bond acceptors (Lipinski definition) is 4. The second-order valence-electron chi connectivity index (χ2n) is 6.72. The number of amides is 1. The molecule has 1 N–H and O–H groups in total. The van der Waals surface area contributed by atoms with Gasteiger partial charge in [-0.15, -0.1) is 0 Å². The number of hydrogen-bond donors (Lipinski definition) is 1. The number of carbonyl (C=O) groups excluding carboxylic acids is 1. The summed E-state index contributed by atoms with van der Waals surface area (Å²) in [7, 11) is -2.34. The molecule has 0 atom stereocenters. The summed E-state index contributed by atoms with van der Waals surface area (Å²) in [6, 6.07) is 22.4. The second kappa shape index (κ2) is 9.45. The van der Waals surface area contributed by atoms with E-state index in [-0.39, 0.29) is 22.9 Å². The molecule has 0 radical (unpaired) electrons. The Hall–Kier alpha value is -3.32. The highest BCUT2D eigenvalue weighted by molar-refractivity contribution is 7.92. The van der Waals surface area contributed by atoms with E-state index >= 15 is 0 Å². The number of rotatable bonds is 8. The molecular formula is C23H24N2O4S. The molecule has 156 valence electrons. The fourth-order valence-electron chi connectivity index (χ4n) is 2.88. The van der Waals surface area contributed by atoms with Crippen LogP contribution in [0.2, 0.25) is 0 Å². The molecule has 3 rings (SSSR count). The minimum atomic E-state index is -3.78. The highest BCUT2D eigenvalue weighted by Crippen LogP contribution is 2.25. The number of para-hydroxylation sites is 1. The second-order valence-corrected chi connectivity index (χ2v) is 8.69. The van der Waals surface area contributed by atoms with E-state index in [1.54, 1.807) is 42.5 Å². The molecule has 3 aromatic carbocycles. The van der Waals surface area contributed by atoms with E-state index < -0.39 is 10.0 Å². The molecule has 0 aliphatic heterocycles. The number of aryl methyl sites for hydroxylation is 1. The molecule has 0 spiro atoms. The van der Waals surface area contributed by atoms with Crippen molar-refractivity contribution in [2.45, 2.75) is 11.8 Å². The van der Waals surface area contributed by atoms with Gasteiger partial charge in [-0.1, -0.05) is 48.0 Å². The fourth-order valence-corrected chi connectivity index (χ4v) is 4.12. The van der Waals surface area contributed by atoms with Crippen LogP contribution in [0.3, 0.4) is 0 Å². The molecule has 6 nitrogen and oxygen atoms in total. The lowest BCUT2D eigenvalue weighted by molar-refractivity contribution is 0.0947. The van der Waals surface area contributed by atoms with Crippen molar-refractivity contribution in [1.82, 2.24) is 5.32 Å². The van der Waals surface area contributed by atoms with Crippen LogP contribution in [0, 0.1) is 6.92 Å². The van der Waals surface area contributed by atoms with Crippen LogP contribution < -0.4 is 14.4 Å². The van der Waals surface area contributed by atoms with Crippen LogP contribution in [0.15, 0.2) is 83.8 Å². The molecular weight excluding hydrogens is 400 g/mol. The average Bonchev–Trinajstić information content (AvgIpc) is 2.78. The number of nitrogens with zero attached hydrogens (tertiary/aromatic N) is 1. The summed E-state index contributed by atoms with van der Waals surface area (Å²) in [6.07, 6.45) is 0. The zero-order valence-electron chi connectivity index (χ0n) is 16.9. The van der Waals surface area contributed by atoms with Crippen molar-refractivity contribution >= 4 is 21.6 Å². The van der Waals surface area contributed by atoms with Crippen LogP contribution in [-0.4, -0.2) is 34.5 Å². The molecule has 0 aliphatic rings. The number of nitrogens with one attached hydrogen (secondary N) is 1. The van der Waals surface area contributed by atoms with Gasteiger partial charge in [-0.25, -0.2) is 8.42 Å². The topological polar surface area (TPSA) is 75.7 Å². The third-order valence-corrected chi connectivity index (χ3v) is 6.35. The first-order chi connectivity index (χ1) is 14.4. The highest BCUT2D eigenvalue weighted by Gasteiger charge is 2.24. The smallest absolute Gasteiger partial charge is 0.264 e. The molecule has 30 heavy (non-hydrogen) atoms. The monoisotopic (exact) mass is 424 g/mol. The summed E-state index contributed by atoms with van der Waals surface area (Å²) in [4.78, 5) is 12.9. The Labute approximate surface area is 177 Å². The molecule has 0 aromatic heterocycles. The van der Waals surface area contributed by atoms with Crippen molar-refractivity contribution in [3.63, 3.8) is 0 Å². The standard InChI is InChI=1S/C23H24N2O4S/c1-18-12-14-19(15-13-18)29-17-16-24-23(26)21-10-6-7-11-22(21)25(2)30(27,28)20-8-4-3-5-9-20/h3-15H,16-17H2,1-2H3,(H,24,26). The quantitative estimate of drug-likeness (QED) is 0.561. The van der Waals surface area contributed by atoms with Crippen molar-refractivity contribution < 1.29 is 17.9 Å².